The molecule has 114 valence electrons. The van der Waals surface area contributed by atoms with E-state index >= 15 is 0 Å². The van der Waals surface area contributed by atoms with E-state index in [9.17, 15) is 5.11 Å². The van der Waals surface area contributed by atoms with Gasteiger partial charge in [0, 0.05) is 37.3 Å². The van der Waals surface area contributed by atoms with Crippen LogP contribution in [0.15, 0.2) is 11.1 Å². The van der Waals surface area contributed by atoms with Crippen LogP contribution in [0.4, 0.5) is 0 Å². The third-order valence-corrected chi connectivity index (χ3v) is 4.78. The molecule has 0 bridgehead atoms. The molecule has 21 heavy (non-hydrogen) atoms. The summed E-state index contributed by atoms with van der Waals surface area (Å²) in [6.07, 6.45) is 0. The van der Waals surface area contributed by atoms with E-state index < -0.39 is 0 Å². The zero-order valence-corrected chi connectivity index (χ0v) is 12.9. The lowest BCUT2D eigenvalue weighted by Crippen LogP contribution is -2.42. The van der Waals surface area contributed by atoms with Crippen molar-refractivity contribution in [3.63, 3.8) is 0 Å². The summed E-state index contributed by atoms with van der Waals surface area (Å²) in [5.41, 5.74) is 1.52. The number of aliphatic hydroxyl groups is 1. The van der Waals surface area contributed by atoms with Gasteiger partial charge in [-0.05, 0) is 6.92 Å². The molecular formula is C14H20N4O2S. The first-order valence-corrected chi connectivity index (χ1v) is 8.01. The zero-order valence-electron chi connectivity index (χ0n) is 12.1. The van der Waals surface area contributed by atoms with Crippen LogP contribution < -0.4 is 0 Å². The Morgan fingerprint density at radius 1 is 1.38 bits per heavy atom. The van der Waals surface area contributed by atoms with E-state index in [2.05, 4.69) is 9.88 Å². The van der Waals surface area contributed by atoms with Crippen LogP contribution in [0.1, 0.15) is 10.7 Å². The first kappa shape index (κ1) is 14.5. The van der Waals surface area contributed by atoms with E-state index in [1.54, 1.807) is 0 Å². The van der Waals surface area contributed by atoms with Crippen molar-refractivity contribution < 1.29 is 9.84 Å². The van der Waals surface area contributed by atoms with Crippen molar-refractivity contribution in [1.82, 2.24) is 14.8 Å². The average Bonchev–Trinajstić information content (AvgIpc) is 3.01. The topological polar surface area (TPSA) is 72.7 Å². The predicted molar refractivity (Wildman–Crippen MR) is 83.0 cm³/mol. The molecule has 1 fully saturated rings. The Labute approximate surface area is 128 Å². The van der Waals surface area contributed by atoms with E-state index in [0.717, 1.165) is 50.1 Å². The zero-order chi connectivity index (χ0) is 14.8. The fourth-order valence-corrected chi connectivity index (χ4v) is 3.47. The standard InChI is InChI=1S/C14H20N4O2S/c1-10-9-21-14(16-10)12-11(19)8-18(13(12)15)3-2-17-4-6-20-7-5-17/h9,15,19H,2-8H2,1H3. The third-order valence-electron chi connectivity index (χ3n) is 3.80. The van der Waals surface area contributed by atoms with Gasteiger partial charge in [-0.2, -0.15) is 0 Å². The Bertz CT molecular complexity index is 563. The molecule has 0 aliphatic carbocycles. The molecule has 1 saturated heterocycles. The number of aliphatic hydroxyl groups excluding tert-OH is 1. The molecule has 7 heteroatoms. The van der Waals surface area contributed by atoms with Crippen LogP contribution in [0.25, 0.3) is 5.57 Å². The van der Waals surface area contributed by atoms with Gasteiger partial charge < -0.3 is 14.7 Å². The number of ether oxygens (including phenoxy) is 1. The van der Waals surface area contributed by atoms with Gasteiger partial charge in [0.1, 0.15) is 16.6 Å². The molecule has 0 unspecified atom stereocenters. The van der Waals surface area contributed by atoms with E-state index in [1.165, 1.54) is 11.3 Å². The second-order valence-electron chi connectivity index (χ2n) is 5.34. The van der Waals surface area contributed by atoms with Gasteiger partial charge in [-0.15, -0.1) is 11.3 Å². The summed E-state index contributed by atoms with van der Waals surface area (Å²) < 4.78 is 5.33. The molecule has 3 rings (SSSR count). The molecule has 6 nitrogen and oxygen atoms in total. The van der Waals surface area contributed by atoms with Crippen LogP contribution in [0.5, 0.6) is 0 Å². The van der Waals surface area contributed by atoms with Crippen LogP contribution in [-0.2, 0) is 4.74 Å². The largest absolute Gasteiger partial charge is 0.510 e. The number of nitrogens with one attached hydrogen (secondary N) is 1. The Hall–Kier alpha value is -1.44. The van der Waals surface area contributed by atoms with Crippen molar-refractivity contribution in [1.29, 1.82) is 5.41 Å². The highest BCUT2D eigenvalue weighted by molar-refractivity contribution is 7.11. The molecule has 2 aliphatic rings. The number of aromatic nitrogens is 1. The van der Waals surface area contributed by atoms with Crippen molar-refractivity contribution in [3.8, 4) is 0 Å². The van der Waals surface area contributed by atoms with Gasteiger partial charge in [0.15, 0.2) is 0 Å². The van der Waals surface area contributed by atoms with Crippen molar-refractivity contribution in [3.05, 3.63) is 21.8 Å². The minimum atomic E-state index is 0.260. The van der Waals surface area contributed by atoms with E-state index in [0.29, 0.717) is 18.0 Å². The number of hydrogen-bond donors (Lipinski definition) is 2. The number of nitrogens with zero attached hydrogens (tertiary/aromatic N) is 3. The SMILES string of the molecule is Cc1csc(C2=C(O)CN(CCN3CCOCC3)C2=N)n1. The molecule has 0 atom stereocenters. The molecule has 1 aromatic heterocycles. The Balaban J connectivity index is 1.61. The molecule has 0 amide bonds. The molecule has 0 saturated carbocycles. The first-order chi connectivity index (χ1) is 10.1. The number of aryl methyl sites for hydroxylation is 1. The second-order valence-corrected chi connectivity index (χ2v) is 6.20. The van der Waals surface area contributed by atoms with Crippen LogP contribution in [0, 0.1) is 12.3 Å². The number of thiazole rings is 1. The van der Waals surface area contributed by atoms with Crippen LogP contribution >= 0.6 is 11.3 Å². The summed E-state index contributed by atoms with van der Waals surface area (Å²) in [5.74, 6) is 0.645. The Kier molecular flexibility index (Phi) is 4.23. The predicted octanol–water partition coefficient (Wildman–Crippen LogP) is 1.35. The van der Waals surface area contributed by atoms with E-state index in [4.69, 9.17) is 10.1 Å². The molecule has 3 heterocycles. The molecule has 2 N–H and O–H groups in total. The summed E-state index contributed by atoms with van der Waals surface area (Å²) in [6.45, 7) is 7.43. The van der Waals surface area contributed by atoms with Gasteiger partial charge >= 0.3 is 0 Å². The fourth-order valence-electron chi connectivity index (χ4n) is 2.60. The van der Waals surface area contributed by atoms with Crippen molar-refractivity contribution in [2.75, 3.05) is 45.9 Å². The molecule has 0 radical (unpaired) electrons. The monoisotopic (exact) mass is 308 g/mol. The molecule has 0 spiro atoms. The molecule has 1 aromatic rings. The number of amidine groups is 1. The number of hydrogen-bond acceptors (Lipinski definition) is 6. The Morgan fingerprint density at radius 2 is 2.14 bits per heavy atom. The molecule has 0 aromatic carbocycles. The van der Waals surface area contributed by atoms with Gasteiger partial charge in [0.25, 0.3) is 0 Å². The average molecular weight is 308 g/mol. The lowest BCUT2D eigenvalue weighted by atomic mass is 10.2. The summed E-state index contributed by atoms with van der Waals surface area (Å²) >= 11 is 1.48. The maximum atomic E-state index is 10.2. The lowest BCUT2D eigenvalue weighted by molar-refractivity contribution is 0.0361. The van der Waals surface area contributed by atoms with Gasteiger partial charge in [0.05, 0.1) is 25.3 Å². The minimum absolute atomic E-state index is 0.260. The van der Waals surface area contributed by atoms with E-state index in [1.807, 2.05) is 17.2 Å². The molecular weight excluding hydrogens is 288 g/mol. The maximum Gasteiger partial charge on any atom is 0.135 e. The summed E-state index contributed by atoms with van der Waals surface area (Å²) in [6, 6.07) is 0. The van der Waals surface area contributed by atoms with E-state index in [-0.39, 0.29) is 5.76 Å². The quantitative estimate of drug-likeness (QED) is 0.878. The minimum Gasteiger partial charge on any atom is -0.510 e. The normalized spacial score (nSPS) is 20.6. The fraction of sp³-hybridized carbons (Fsp3) is 0.571. The van der Waals surface area contributed by atoms with Crippen molar-refractivity contribution >= 4 is 22.7 Å². The molecule has 2 aliphatic heterocycles. The van der Waals surface area contributed by atoms with Crippen LogP contribution in [0.2, 0.25) is 0 Å². The second kappa shape index (κ2) is 6.13. The van der Waals surface area contributed by atoms with Crippen LogP contribution in [-0.4, -0.2) is 71.7 Å². The highest BCUT2D eigenvalue weighted by Crippen LogP contribution is 2.29. The van der Waals surface area contributed by atoms with Gasteiger partial charge in [-0.1, -0.05) is 0 Å². The lowest BCUT2D eigenvalue weighted by Gasteiger charge is -2.29. The van der Waals surface area contributed by atoms with Gasteiger partial charge in [-0.3, -0.25) is 10.3 Å². The number of morpholine rings is 1. The van der Waals surface area contributed by atoms with Crippen molar-refractivity contribution in [2.24, 2.45) is 0 Å². The summed E-state index contributed by atoms with van der Waals surface area (Å²) in [4.78, 5) is 8.63. The summed E-state index contributed by atoms with van der Waals surface area (Å²) in [7, 11) is 0. The van der Waals surface area contributed by atoms with Gasteiger partial charge in [0.2, 0.25) is 0 Å². The maximum absolute atomic E-state index is 10.2. The third kappa shape index (κ3) is 3.09. The van der Waals surface area contributed by atoms with Gasteiger partial charge in [-0.25, -0.2) is 4.98 Å². The Morgan fingerprint density at radius 3 is 2.81 bits per heavy atom. The highest BCUT2D eigenvalue weighted by atomic mass is 32.1. The van der Waals surface area contributed by atoms with Crippen LogP contribution in [0.3, 0.4) is 0 Å². The highest BCUT2D eigenvalue weighted by Gasteiger charge is 2.30. The smallest absolute Gasteiger partial charge is 0.135 e. The van der Waals surface area contributed by atoms with Crippen molar-refractivity contribution in [2.45, 2.75) is 6.92 Å². The number of rotatable bonds is 4. The first-order valence-electron chi connectivity index (χ1n) is 7.13. The summed E-state index contributed by atoms with van der Waals surface area (Å²) in [5, 5.41) is 21.1.